The number of carbonyl (C=O) groups is 1. The van der Waals surface area contributed by atoms with Gasteiger partial charge in [-0.3, -0.25) is 0 Å². The molecule has 0 radical (unpaired) electrons. The van der Waals surface area contributed by atoms with Crippen LogP contribution in [-0.4, -0.2) is 25.8 Å². The first-order chi connectivity index (χ1) is 9.63. The molecule has 0 heterocycles. The van der Waals surface area contributed by atoms with E-state index in [1.165, 1.54) is 0 Å². The smallest absolute Gasteiger partial charge is 0.319 e. The number of urea groups is 1. The van der Waals surface area contributed by atoms with Crippen molar-refractivity contribution in [1.82, 2.24) is 5.32 Å². The number of rotatable bonds is 8. The molecule has 0 aliphatic heterocycles. The predicted octanol–water partition coefficient (Wildman–Crippen LogP) is 3.98. The summed E-state index contributed by atoms with van der Waals surface area (Å²) in [5, 5.41) is 6.19. The molecular weight excluding hydrogens is 276 g/mol. The second kappa shape index (κ2) is 9.61. The Balaban J connectivity index is 2.19. The van der Waals surface area contributed by atoms with E-state index in [4.69, 9.17) is 16.3 Å². The third kappa shape index (κ3) is 6.78. The van der Waals surface area contributed by atoms with Crippen molar-refractivity contribution in [3.63, 3.8) is 0 Å². The van der Waals surface area contributed by atoms with Gasteiger partial charge in [-0.05, 0) is 37.5 Å². The maximum Gasteiger partial charge on any atom is 0.319 e. The lowest BCUT2D eigenvalue weighted by Crippen LogP contribution is -2.30. The standard InChI is InChI=1S/C15H23ClN2O2/c1-3-4-9-20-10-5-8-17-15(19)18-14-11-13(16)7-6-12(14)2/h6-7,11H,3-5,8-10H2,1-2H3,(H2,17,18,19). The first-order valence-electron chi connectivity index (χ1n) is 7.02. The van der Waals surface area contributed by atoms with Gasteiger partial charge in [0.25, 0.3) is 0 Å². The molecule has 0 aliphatic rings. The molecule has 0 unspecified atom stereocenters. The lowest BCUT2D eigenvalue weighted by molar-refractivity contribution is 0.129. The number of carbonyl (C=O) groups excluding carboxylic acids is 1. The van der Waals surface area contributed by atoms with Crippen molar-refractivity contribution in [3.05, 3.63) is 28.8 Å². The van der Waals surface area contributed by atoms with Crippen molar-refractivity contribution in [1.29, 1.82) is 0 Å². The summed E-state index contributed by atoms with van der Waals surface area (Å²) >= 11 is 5.90. The van der Waals surface area contributed by atoms with Crippen LogP contribution in [0.4, 0.5) is 10.5 Å². The van der Waals surface area contributed by atoms with Crippen LogP contribution in [0.2, 0.25) is 5.02 Å². The zero-order chi connectivity index (χ0) is 14.8. The second-order valence-electron chi connectivity index (χ2n) is 4.66. The van der Waals surface area contributed by atoms with Crippen LogP contribution in [-0.2, 0) is 4.74 Å². The summed E-state index contributed by atoms with van der Waals surface area (Å²) in [7, 11) is 0. The van der Waals surface area contributed by atoms with Gasteiger partial charge < -0.3 is 15.4 Å². The highest BCUT2D eigenvalue weighted by Crippen LogP contribution is 2.19. The first kappa shape index (κ1) is 16.8. The van der Waals surface area contributed by atoms with Crippen molar-refractivity contribution >= 4 is 23.3 Å². The molecule has 2 N–H and O–H groups in total. The SMILES string of the molecule is CCCCOCCCNC(=O)Nc1cc(Cl)ccc1C. The predicted molar refractivity (Wildman–Crippen MR) is 83.6 cm³/mol. The van der Waals surface area contributed by atoms with E-state index in [1.807, 2.05) is 13.0 Å². The number of unbranched alkanes of at least 4 members (excludes halogenated alkanes) is 1. The summed E-state index contributed by atoms with van der Waals surface area (Å²) in [6.07, 6.45) is 3.03. The van der Waals surface area contributed by atoms with E-state index in [-0.39, 0.29) is 6.03 Å². The lowest BCUT2D eigenvalue weighted by Gasteiger charge is -2.10. The molecular formula is C15H23ClN2O2. The Morgan fingerprint density at radius 3 is 2.80 bits per heavy atom. The van der Waals surface area contributed by atoms with Crippen LogP contribution in [0.25, 0.3) is 0 Å². The molecule has 0 spiro atoms. The molecule has 1 rings (SSSR count). The Labute approximate surface area is 125 Å². The maximum atomic E-state index is 11.7. The summed E-state index contributed by atoms with van der Waals surface area (Å²) < 4.78 is 5.42. The molecule has 1 aromatic rings. The van der Waals surface area contributed by atoms with E-state index in [2.05, 4.69) is 17.6 Å². The van der Waals surface area contributed by atoms with Gasteiger partial charge in [-0.2, -0.15) is 0 Å². The Kier molecular flexibility index (Phi) is 8.07. The number of amides is 2. The second-order valence-corrected chi connectivity index (χ2v) is 5.10. The monoisotopic (exact) mass is 298 g/mol. The summed E-state index contributed by atoms with van der Waals surface area (Å²) in [5.74, 6) is 0. The van der Waals surface area contributed by atoms with E-state index < -0.39 is 0 Å². The van der Waals surface area contributed by atoms with Crippen LogP contribution >= 0.6 is 11.6 Å². The van der Waals surface area contributed by atoms with Crippen molar-refractivity contribution in [2.24, 2.45) is 0 Å². The summed E-state index contributed by atoms with van der Waals surface area (Å²) in [6.45, 7) is 6.12. The number of hydrogen-bond donors (Lipinski definition) is 2. The number of aryl methyl sites for hydroxylation is 1. The van der Waals surface area contributed by atoms with Crippen LogP contribution in [0.1, 0.15) is 31.7 Å². The average Bonchev–Trinajstić information content (AvgIpc) is 2.42. The molecule has 4 nitrogen and oxygen atoms in total. The quantitative estimate of drug-likeness (QED) is 0.713. The molecule has 112 valence electrons. The van der Waals surface area contributed by atoms with E-state index in [0.29, 0.717) is 18.2 Å². The summed E-state index contributed by atoms with van der Waals surface area (Å²) in [5.41, 5.74) is 1.71. The van der Waals surface area contributed by atoms with Gasteiger partial charge in [-0.15, -0.1) is 0 Å². The average molecular weight is 299 g/mol. The van der Waals surface area contributed by atoms with Crippen LogP contribution in [0.3, 0.4) is 0 Å². The van der Waals surface area contributed by atoms with Gasteiger partial charge in [0.2, 0.25) is 0 Å². The van der Waals surface area contributed by atoms with Crippen LogP contribution in [0.15, 0.2) is 18.2 Å². The molecule has 2 amide bonds. The minimum absolute atomic E-state index is 0.219. The first-order valence-corrected chi connectivity index (χ1v) is 7.40. The third-order valence-corrected chi connectivity index (χ3v) is 3.08. The summed E-state index contributed by atoms with van der Waals surface area (Å²) in [4.78, 5) is 11.7. The van der Waals surface area contributed by atoms with Gasteiger partial charge in [0.05, 0.1) is 0 Å². The molecule has 0 bridgehead atoms. The molecule has 0 atom stereocenters. The van der Waals surface area contributed by atoms with Crippen LogP contribution < -0.4 is 10.6 Å². The minimum atomic E-state index is -0.219. The van der Waals surface area contributed by atoms with E-state index in [1.54, 1.807) is 12.1 Å². The molecule has 0 saturated carbocycles. The lowest BCUT2D eigenvalue weighted by atomic mass is 10.2. The molecule has 5 heteroatoms. The van der Waals surface area contributed by atoms with Crippen LogP contribution in [0, 0.1) is 6.92 Å². The molecule has 0 aliphatic carbocycles. The molecule has 0 saturated heterocycles. The highest BCUT2D eigenvalue weighted by atomic mass is 35.5. The zero-order valence-corrected chi connectivity index (χ0v) is 12.9. The zero-order valence-electron chi connectivity index (χ0n) is 12.2. The highest BCUT2D eigenvalue weighted by molar-refractivity contribution is 6.31. The minimum Gasteiger partial charge on any atom is -0.381 e. The molecule has 1 aromatic carbocycles. The van der Waals surface area contributed by atoms with Crippen LogP contribution in [0.5, 0.6) is 0 Å². The fourth-order valence-electron chi connectivity index (χ4n) is 1.62. The Bertz CT molecular complexity index is 424. The number of nitrogens with one attached hydrogen (secondary N) is 2. The van der Waals surface area contributed by atoms with Crippen molar-refractivity contribution in [2.75, 3.05) is 25.1 Å². The van der Waals surface area contributed by atoms with Gasteiger partial charge in [0, 0.05) is 30.5 Å². The number of anilines is 1. The fourth-order valence-corrected chi connectivity index (χ4v) is 1.79. The van der Waals surface area contributed by atoms with Gasteiger partial charge in [0.15, 0.2) is 0 Å². The van der Waals surface area contributed by atoms with E-state index in [9.17, 15) is 4.79 Å². The number of benzene rings is 1. The molecule has 0 aromatic heterocycles. The Hall–Kier alpha value is -1.26. The van der Waals surface area contributed by atoms with Crippen molar-refractivity contribution in [2.45, 2.75) is 33.1 Å². The van der Waals surface area contributed by atoms with Gasteiger partial charge in [0.1, 0.15) is 0 Å². The van der Waals surface area contributed by atoms with Gasteiger partial charge in [-0.25, -0.2) is 4.79 Å². The van der Waals surface area contributed by atoms with Crippen molar-refractivity contribution < 1.29 is 9.53 Å². The number of ether oxygens (including phenoxy) is 1. The Morgan fingerprint density at radius 1 is 1.30 bits per heavy atom. The van der Waals surface area contributed by atoms with Gasteiger partial charge >= 0.3 is 6.03 Å². The highest BCUT2D eigenvalue weighted by Gasteiger charge is 2.04. The Morgan fingerprint density at radius 2 is 2.05 bits per heavy atom. The molecule has 20 heavy (non-hydrogen) atoms. The number of hydrogen-bond acceptors (Lipinski definition) is 2. The summed E-state index contributed by atoms with van der Waals surface area (Å²) in [6, 6.07) is 5.20. The largest absolute Gasteiger partial charge is 0.381 e. The topological polar surface area (TPSA) is 50.4 Å². The van der Waals surface area contributed by atoms with E-state index in [0.717, 1.165) is 37.1 Å². The normalized spacial score (nSPS) is 10.3. The van der Waals surface area contributed by atoms with Crippen molar-refractivity contribution in [3.8, 4) is 0 Å². The van der Waals surface area contributed by atoms with Gasteiger partial charge in [-0.1, -0.05) is 31.0 Å². The third-order valence-electron chi connectivity index (χ3n) is 2.84. The fraction of sp³-hybridized carbons (Fsp3) is 0.533. The van der Waals surface area contributed by atoms with E-state index >= 15 is 0 Å². The molecule has 0 fully saturated rings. The number of halogens is 1. The maximum absolute atomic E-state index is 11.7.